The largest absolute Gasteiger partial charge is 0.477 e. The summed E-state index contributed by atoms with van der Waals surface area (Å²) in [5, 5.41) is 19.0. The van der Waals surface area contributed by atoms with Crippen molar-refractivity contribution in [2.45, 2.75) is 32.9 Å². The molecule has 5 heterocycles. The Morgan fingerprint density at radius 2 is 2.08 bits per heavy atom. The van der Waals surface area contributed by atoms with Crippen LogP contribution in [0.15, 0.2) is 24.5 Å². The topological polar surface area (TPSA) is 132 Å². The lowest BCUT2D eigenvalue weighted by molar-refractivity contribution is -0.119. The first-order valence-corrected chi connectivity index (χ1v) is 11.5. The number of alkyl halides is 4. The van der Waals surface area contributed by atoms with E-state index in [-0.39, 0.29) is 41.1 Å². The van der Waals surface area contributed by atoms with Gasteiger partial charge in [-0.1, -0.05) is 0 Å². The Bertz CT molecular complexity index is 1420. The van der Waals surface area contributed by atoms with Crippen LogP contribution in [0, 0.1) is 0 Å². The highest BCUT2D eigenvalue weighted by molar-refractivity contribution is 6.04. The molecule has 0 spiro atoms. The summed E-state index contributed by atoms with van der Waals surface area (Å²) >= 11 is 0. The van der Waals surface area contributed by atoms with E-state index in [4.69, 9.17) is 9.84 Å². The molecule has 15 heteroatoms. The number of amides is 1. The van der Waals surface area contributed by atoms with Crippen LogP contribution >= 0.6 is 0 Å². The molecule has 0 bridgehead atoms. The number of aliphatic hydroxyl groups is 1. The van der Waals surface area contributed by atoms with Crippen molar-refractivity contribution in [3.8, 4) is 34.1 Å². The molecule has 0 saturated carbocycles. The zero-order valence-electron chi connectivity index (χ0n) is 20.4. The number of carbonyl (C=O) groups is 1. The van der Waals surface area contributed by atoms with Crippen molar-refractivity contribution < 1.29 is 36.9 Å². The van der Waals surface area contributed by atoms with Gasteiger partial charge >= 0.3 is 6.61 Å². The molecule has 0 unspecified atom stereocenters. The number of rotatable bonds is 7. The number of hydrogen-bond acceptors (Lipinski definition) is 7. The van der Waals surface area contributed by atoms with Gasteiger partial charge in [-0.25, -0.2) is 18.4 Å². The molecule has 5 rings (SSSR count). The van der Waals surface area contributed by atoms with Gasteiger partial charge in [-0.15, -0.1) is 5.10 Å². The SMILES string of the molecule is CC(=O)NCCO.Cn1cc(-c2c(-c3c(C(F)F)nn4c3OCCC4)[nH]c3ncccc23)c(OC(F)F)n1. The molecule has 0 radical (unpaired) electrons. The van der Waals surface area contributed by atoms with Crippen molar-refractivity contribution in [1.29, 1.82) is 0 Å². The second-order valence-corrected chi connectivity index (χ2v) is 8.17. The number of nitrogens with one attached hydrogen (secondary N) is 2. The Morgan fingerprint density at radius 3 is 2.74 bits per heavy atom. The third-order valence-electron chi connectivity index (χ3n) is 5.46. The fraction of sp³-hybridized carbons (Fsp3) is 0.391. The van der Waals surface area contributed by atoms with E-state index in [1.165, 1.54) is 28.7 Å². The van der Waals surface area contributed by atoms with Crippen LogP contribution in [0.3, 0.4) is 0 Å². The first-order valence-electron chi connectivity index (χ1n) is 11.5. The van der Waals surface area contributed by atoms with E-state index in [0.717, 1.165) is 0 Å². The average Bonchev–Trinajstić information content (AvgIpc) is 3.54. The standard InChI is InChI=1S/C19H16F4N6O2.C4H9NO2/c1-28-8-10(17(27-28)31-19(22)23)11-9-4-2-5-24-16(9)25-13(11)12-14(15(20)21)26-29-6-3-7-30-18(12)29;1-4(7)5-2-3-6/h2,4-5,8,15,19H,3,6-7H2,1H3,(H,24,25);6H,2-3H2,1H3,(H,5,7). The molecule has 1 aliphatic heterocycles. The number of carbonyl (C=O) groups excluding carboxylic acids is 1. The summed E-state index contributed by atoms with van der Waals surface area (Å²) < 4.78 is 66.9. The number of H-pyrrole nitrogens is 1. The second kappa shape index (κ2) is 11.5. The maximum absolute atomic E-state index is 13.9. The van der Waals surface area contributed by atoms with E-state index in [1.807, 2.05) is 0 Å². The summed E-state index contributed by atoms with van der Waals surface area (Å²) in [6.45, 7) is -0.550. The quantitative estimate of drug-likeness (QED) is 0.307. The molecular weight excluding hydrogens is 514 g/mol. The summed E-state index contributed by atoms with van der Waals surface area (Å²) in [7, 11) is 1.55. The number of aromatic amines is 1. The minimum atomic E-state index is -3.11. The van der Waals surface area contributed by atoms with Crippen molar-refractivity contribution >= 4 is 16.9 Å². The van der Waals surface area contributed by atoms with Gasteiger partial charge in [0.25, 0.3) is 6.43 Å². The van der Waals surface area contributed by atoms with Gasteiger partial charge in [0.15, 0.2) is 0 Å². The molecule has 1 aliphatic rings. The first kappa shape index (κ1) is 26.9. The van der Waals surface area contributed by atoms with Gasteiger partial charge in [-0.05, 0) is 12.1 Å². The maximum atomic E-state index is 13.9. The number of aromatic nitrogens is 6. The highest BCUT2D eigenvalue weighted by atomic mass is 19.3. The van der Waals surface area contributed by atoms with Gasteiger partial charge in [-0.3, -0.25) is 9.48 Å². The summed E-state index contributed by atoms with van der Waals surface area (Å²) in [6, 6.07) is 3.36. The maximum Gasteiger partial charge on any atom is 0.388 e. The molecule has 11 nitrogen and oxygen atoms in total. The zero-order chi connectivity index (χ0) is 27.4. The highest BCUT2D eigenvalue weighted by Gasteiger charge is 2.33. The number of aryl methyl sites for hydroxylation is 2. The minimum absolute atomic E-state index is 0.0135. The molecule has 0 aliphatic carbocycles. The van der Waals surface area contributed by atoms with Crippen LogP contribution in [0.4, 0.5) is 17.6 Å². The molecule has 3 N–H and O–H groups in total. The van der Waals surface area contributed by atoms with Gasteiger partial charge in [0, 0.05) is 56.8 Å². The summed E-state index contributed by atoms with van der Waals surface area (Å²) in [5.41, 5.74) is 0.751. The van der Waals surface area contributed by atoms with Crippen LogP contribution in [0.25, 0.3) is 33.4 Å². The van der Waals surface area contributed by atoms with Gasteiger partial charge < -0.3 is 24.9 Å². The normalized spacial score (nSPS) is 12.8. The van der Waals surface area contributed by atoms with Crippen molar-refractivity contribution in [3.05, 3.63) is 30.2 Å². The predicted octanol–water partition coefficient (Wildman–Crippen LogP) is 3.26. The van der Waals surface area contributed by atoms with E-state index in [9.17, 15) is 22.4 Å². The van der Waals surface area contributed by atoms with E-state index in [1.54, 1.807) is 19.2 Å². The van der Waals surface area contributed by atoms with E-state index < -0.39 is 18.7 Å². The van der Waals surface area contributed by atoms with Crippen molar-refractivity contribution in [3.63, 3.8) is 0 Å². The van der Waals surface area contributed by atoms with E-state index in [2.05, 4.69) is 30.2 Å². The number of aliphatic hydroxyl groups excluding tert-OH is 1. The lowest BCUT2D eigenvalue weighted by Gasteiger charge is -2.16. The molecule has 4 aromatic heterocycles. The average molecular weight is 539 g/mol. The van der Waals surface area contributed by atoms with Crippen LogP contribution in [0.1, 0.15) is 25.5 Å². The second-order valence-electron chi connectivity index (χ2n) is 8.17. The molecule has 0 saturated heterocycles. The van der Waals surface area contributed by atoms with Gasteiger partial charge in [0.05, 0.1) is 30.0 Å². The van der Waals surface area contributed by atoms with Gasteiger partial charge in [-0.2, -0.15) is 13.9 Å². The minimum Gasteiger partial charge on any atom is -0.477 e. The smallest absolute Gasteiger partial charge is 0.388 e. The lowest BCUT2D eigenvalue weighted by atomic mass is 10.0. The molecule has 0 fully saturated rings. The van der Waals surface area contributed by atoms with Crippen molar-refractivity contribution in [2.24, 2.45) is 7.05 Å². The molecular formula is C23H25F4N7O4. The van der Waals surface area contributed by atoms with Crippen LogP contribution in [-0.2, 0) is 18.4 Å². The summed E-state index contributed by atoms with van der Waals surface area (Å²) in [5.74, 6) is -0.243. The number of hydrogen-bond donors (Lipinski definition) is 3. The first-order chi connectivity index (χ1) is 18.2. The number of pyridine rings is 1. The Labute approximate surface area is 213 Å². The Balaban J connectivity index is 0.000000426. The molecule has 4 aromatic rings. The van der Waals surface area contributed by atoms with Gasteiger partial charge in [0.2, 0.25) is 17.7 Å². The lowest BCUT2D eigenvalue weighted by Crippen LogP contribution is -2.22. The van der Waals surface area contributed by atoms with Crippen LogP contribution in [0.5, 0.6) is 11.8 Å². The molecule has 0 atom stereocenters. The van der Waals surface area contributed by atoms with Crippen molar-refractivity contribution in [1.82, 2.24) is 34.8 Å². The molecule has 38 heavy (non-hydrogen) atoms. The molecule has 1 amide bonds. The summed E-state index contributed by atoms with van der Waals surface area (Å²) in [4.78, 5) is 17.3. The van der Waals surface area contributed by atoms with E-state index in [0.29, 0.717) is 42.7 Å². The Morgan fingerprint density at radius 1 is 1.29 bits per heavy atom. The van der Waals surface area contributed by atoms with E-state index >= 15 is 0 Å². The Kier molecular flexibility index (Phi) is 8.14. The third kappa shape index (κ3) is 5.56. The molecule has 204 valence electrons. The van der Waals surface area contributed by atoms with Gasteiger partial charge in [0.1, 0.15) is 11.3 Å². The van der Waals surface area contributed by atoms with Crippen molar-refractivity contribution in [2.75, 3.05) is 19.8 Å². The number of fused-ring (bicyclic) bond motifs is 2. The monoisotopic (exact) mass is 539 g/mol. The predicted molar refractivity (Wildman–Crippen MR) is 127 cm³/mol. The third-order valence-corrected chi connectivity index (χ3v) is 5.46. The zero-order valence-corrected chi connectivity index (χ0v) is 20.4. The molecule has 0 aromatic carbocycles. The number of ether oxygens (including phenoxy) is 2. The fourth-order valence-electron chi connectivity index (χ4n) is 4.07. The Hall–Kier alpha value is -4.14. The van der Waals surface area contributed by atoms with Crippen LogP contribution in [0.2, 0.25) is 0 Å². The summed E-state index contributed by atoms with van der Waals surface area (Å²) in [6.07, 6.45) is 0.766. The highest BCUT2D eigenvalue weighted by Crippen LogP contribution is 2.47. The number of halogens is 4. The van der Waals surface area contributed by atoms with Crippen LogP contribution < -0.4 is 14.8 Å². The van der Waals surface area contributed by atoms with Crippen LogP contribution in [-0.4, -0.2) is 66.9 Å². The number of nitrogens with zero attached hydrogens (tertiary/aromatic N) is 5. The fourth-order valence-corrected chi connectivity index (χ4v) is 4.07.